The maximum atomic E-state index is 12.9. The summed E-state index contributed by atoms with van der Waals surface area (Å²) in [5.74, 6) is 0.469. The minimum atomic E-state index is -1.48. The largest absolute Gasteiger partial charge is 0.507 e. The fourth-order valence-electron chi connectivity index (χ4n) is 5.62. The van der Waals surface area contributed by atoms with Crippen molar-refractivity contribution in [2.75, 3.05) is 6.61 Å². The first kappa shape index (κ1) is 36.0. The van der Waals surface area contributed by atoms with Crippen molar-refractivity contribution in [1.82, 2.24) is 0 Å². The number of aliphatic hydroxyl groups is 4. The van der Waals surface area contributed by atoms with Gasteiger partial charge >= 0.3 is 5.63 Å². The molecule has 7 atom stereocenters. The average Bonchev–Trinajstić information content (AvgIpc) is 2.91. The van der Waals surface area contributed by atoms with Gasteiger partial charge in [-0.2, -0.15) is 0 Å². The summed E-state index contributed by atoms with van der Waals surface area (Å²) in [6.07, 6.45) is 9.45. The van der Waals surface area contributed by atoms with Gasteiger partial charge < -0.3 is 34.7 Å². The van der Waals surface area contributed by atoms with E-state index in [9.17, 15) is 30.3 Å². The van der Waals surface area contributed by atoms with Gasteiger partial charge in [0.1, 0.15) is 29.3 Å². The molecule has 8 nitrogen and oxygen atoms in total. The molecule has 2 heterocycles. The fraction of sp³-hybridized carbons (Fsp3) is 0.676. The molecule has 42 heavy (non-hydrogen) atoms. The van der Waals surface area contributed by atoms with E-state index >= 15 is 0 Å². The van der Waals surface area contributed by atoms with Crippen LogP contribution in [0.3, 0.4) is 0 Å². The van der Waals surface area contributed by atoms with Gasteiger partial charge in [0, 0.05) is 12.5 Å². The summed E-state index contributed by atoms with van der Waals surface area (Å²) in [5, 5.41) is 51.7. The van der Waals surface area contributed by atoms with Gasteiger partial charge in [0.25, 0.3) is 0 Å². The summed E-state index contributed by atoms with van der Waals surface area (Å²) in [6.45, 7) is 13.8. The van der Waals surface area contributed by atoms with Crippen LogP contribution in [0.15, 0.2) is 50.7 Å². The lowest BCUT2D eigenvalue weighted by Crippen LogP contribution is -2.46. The Labute approximate surface area is 251 Å². The van der Waals surface area contributed by atoms with E-state index in [4.69, 9.17) is 9.15 Å². The summed E-state index contributed by atoms with van der Waals surface area (Å²) in [4.78, 5) is 12.9. The molecule has 0 aliphatic carbocycles. The molecule has 1 aromatic rings. The molecule has 0 bridgehead atoms. The normalized spacial score (nSPS) is 24.6. The molecule has 1 saturated heterocycles. The summed E-state index contributed by atoms with van der Waals surface area (Å²) in [5.41, 5.74) is -0.0159. The zero-order chi connectivity index (χ0) is 31.6. The van der Waals surface area contributed by atoms with Crippen LogP contribution >= 0.6 is 0 Å². The van der Waals surface area contributed by atoms with Crippen LogP contribution in [0, 0.1) is 11.8 Å². The molecular formula is C34H54O8. The minimum absolute atomic E-state index is 0.00909. The van der Waals surface area contributed by atoms with Crippen molar-refractivity contribution in [3.8, 4) is 5.75 Å². The number of hydrogen-bond acceptors (Lipinski definition) is 8. The molecule has 1 fully saturated rings. The number of unbranched alkanes of at least 4 members (excludes halogenated alkanes) is 3. The first-order valence-electron chi connectivity index (χ1n) is 15.4. The van der Waals surface area contributed by atoms with Crippen LogP contribution in [-0.2, 0) is 10.2 Å². The van der Waals surface area contributed by atoms with E-state index in [1.165, 1.54) is 43.7 Å². The number of hydrogen-bond donors (Lipinski definition) is 5. The molecule has 0 saturated carbocycles. The topological polar surface area (TPSA) is 141 Å². The average molecular weight is 591 g/mol. The quantitative estimate of drug-likeness (QED) is 0.101. The predicted molar refractivity (Wildman–Crippen MR) is 165 cm³/mol. The third kappa shape index (κ3) is 10.2. The van der Waals surface area contributed by atoms with Gasteiger partial charge in [-0.15, -0.1) is 0 Å². The van der Waals surface area contributed by atoms with Crippen LogP contribution in [-0.4, -0.2) is 56.6 Å². The second-order valence-corrected chi connectivity index (χ2v) is 12.8. The van der Waals surface area contributed by atoms with E-state index in [-0.39, 0.29) is 23.7 Å². The van der Waals surface area contributed by atoms with E-state index in [0.717, 1.165) is 12.0 Å². The lowest BCUT2D eigenvalue weighted by molar-refractivity contribution is -0.180. The third-order valence-corrected chi connectivity index (χ3v) is 8.21. The van der Waals surface area contributed by atoms with Crippen LogP contribution in [0.1, 0.15) is 111 Å². The molecule has 0 spiro atoms. The Morgan fingerprint density at radius 3 is 2.45 bits per heavy atom. The van der Waals surface area contributed by atoms with Crippen molar-refractivity contribution < 1.29 is 34.7 Å². The van der Waals surface area contributed by atoms with Gasteiger partial charge in [-0.05, 0) is 46.0 Å². The molecule has 5 N–H and O–H groups in total. The van der Waals surface area contributed by atoms with Crippen molar-refractivity contribution >= 4 is 0 Å². The zero-order valence-corrected chi connectivity index (χ0v) is 26.5. The van der Waals surface area contributed by atoms with E-state index < -0.39 is 53.9 Å². The Kier molecular flexibility index (Phi) is 14.2. The van der Waals surface area contributed by atoms with E-state index in [2.05, 4.69) is 39.8 Å². The molecule has 238 valence electrons. The first-order valence-corrected chi connectivity index (χ1v) is 15.4. The Balaban J connectivity index is 2.10. The van der Waals surface area contributed by atoms with Gasteiger partial charge in [-0.3, -0.25) is 0 Å². The van der Waals surface area contributed by atoms with Crippen molar-refractivity contribution in [3.63, 3.8) is 0 Å². The van der Waals surface area contributed by atoms with Gasteiger partial charge in [-0.1, -0.05) is 88.3 Å². The molecular weight excluding hydrogens is 536 g/mol. The second kappa shape index (κ2) is 16.6. The first-order chi connectivity index (χ1) is 19.7. The van der Waals surface area contributed by atoms with E-state index in [0.29, 0.717) is 5.92 Å². The minimum Gasteiger partial charge on any atom is -0.507 e. The monoisotopic (exact) mass is 590 g/mol. The highest BCUT2D eigenvalue weighted by Crippen LogP contribution is 2.37. The highest BCUT2D eigenvalue weighted by atomic mass is 16.5. The van der Waals surface area contributed by atoms with Gasteiger partial charge in [0.15, 0.2) is 0 Å². The van der Waals surface area contributed by atoms with Crippen molar-refractivity contribution in [1.29, 1.82) is 0 Å². The van der Waals surface area contributed by atoms with E-state index in [1.807, 2.05) is 13.0 Å². The van der Waals surface area contributed by atoms with Crippen LogP contribution in [0.25, 0.3) is 0 Å². The molecule has 1 aromatic heterocycles. The van der Waals surface area contributed by atoms with Gasteiger partial charge in [-0.25, -0.2) is 4.79 Å². The molecule has 8 heteroatoms. The third-order valence-electron chi connectivity index (χ3n) is 8.21. The Morgan fingerprint density at radius 2 is 1.83 bits per heavy atom. The number of aromatic hydroxyl groups is 1. The smallest absolute Gasteiger partial charge is 0.345 e. The van der Waals surface area contributed by atoms with Crippen molar-refractivity contribution in [2.45, 2.75) is 129 Å². The summed E-state index contributed by atoms with van der Waals surface area (Å²) in [6, 6.07) is 1.22. The molecule has 0 radical (unpaired) electrons. The molecule has 2 rings (SSSR count). The number of ether oxygens (including phenoxy) is 1. The SMILES string of the molecule is CCCCCCC(C)C/C(C)=C\C(C)/C=C(C)/C=C/C(O)C(C)(C)c1cc(O)c(C2OC(CO)CC(O)C2O)c(=O)o1. The Bertz CT molecular complexity index is 1130. The highest BCUT2D eigenvalue weighted by Gasteiger charge is 2.41. The number of rotatable bonds is 15. The van der Waals surface area contributed by atoms with Crippen LogP contribution in [0.2, 0.25) is 0 Å². The molecule has 0 aromatic carbocycles. The second-order valence-electron chi connectivity index (χ2n) is 12.8. The maximum absolute atomic E-state index is 12.9. The summed E-state index contributed by atoms with van der Waals surface area (Å²) >= 11 is 0. The summed E-state index contributed by atoms with van der Waals surface area (Å²) in [7, 11) is 0. The Hall–Kier alpha value is -2.23. The number of aliphatic hydroxyl groups excluding tert-OH is 4. The Morgan fingerprint density at radius 1 is 1.14 bits per heavy atom. The number of allylic oxidation sites excluding steroid dienone is 5. The molecule has 1 aliphatic heterocycles. The highest BCUT2D eigenvalue weighted by molar-refractivity contribution is 5.36. The van der Waals surface area contributed by atoms with Gasteiger partial charge in [0.05, 0.1) is 30.3 Å². The zero-order valence-electron chi connectivity index (χ0n) is 26.5. The van der Waals surface area contributed by atoms with Crippen molar-refractivity contribution in [2.24, 2.45) is 11.8 Å². The van der Waals surface area contributed by atoms with Crippen LogP contribution < -0.4 is 5.63 Å². The van der Waals surface area contributed by atoms with E-state index in [1.54, 1.807) is 19.9 Å². The molecule has 0 amide bonds. The fourth-order valence-corrected chi connectivity index (χ4v) is 5.62. The van der Waals surface area contributed by atoms with Crippen LogP contribution in [0.4, 0.5) is 0 Å². The summed E-state index contributed by atoms with van der Waals surface area (Å²) < 4.78 is 11.0. The van der Waals surface area contributed by atoms with Crippen molar-refractivity contribution in [3.05, 3.63) is 63.3 Å². The standard InChI is InChI=1S/C34H54O8/c1-8-9-10-11-12-21(2)15-23(4)17-24(5)16-22(3)13-14-28(38)34(6,7)29-19-26(36)30(33(40)42-29)32-31(39)27(37)18-25(20-35)41-32/h13-14,16-17,19,21,24-25,27-28,31-32,35-39H,8-12,15,18,20H2,1-7H3/b14-13+,22-16+,23-17-. The lowest BCUT2D eigenvalue weighted by Gasteiger charge is -2.36. The maximum Gasteiger partial charge on any atom is 0.345 e. The predicted octanol–water partition coefficient (Wildman–Crippen LogP) is 5.61. The lowest BCUT2D eigenvalue weighted by atomic mass is 9.82. The molecule has 7 unspecified atom stereocenters. The molecule has 1 aliphatic rings. The van der Waals surface area contributed by atoms with Crippen LogP contribution in [0.5, 0.6) is 5.75 Å². The van der Waals surface area contributed by atoms with Gasteiger partial charge in [0.2, 0.25) is 0 Å².